The summed E-state index contributed by atoms with van der Waals surface area (Å²) in [6.45, 7) is 8.14. The molecule has 0 aliphatic carbocycles. The summed E-state index contributed by atoms with van der Waals surface area (Å²) in [5.41, 5.74) is 5.20. The van der Waals surface area contributed by atoms with E-state index < -0.39 is 5.54 Å². The van der Waals surface area contributed by atoms with Gasteiger partial charge in [0.05, 0.1) is 0 Å². The Bertz CT molecular complexity index is 244. The third kappa shape index (κ3) is 8.23. The summed E-state index contributed by atoms with van der Waals surface area (Å²) >= 11 is 0. The predicted molar refractivity (Wildman–Crippen MR) is 63.7 cm³/mol. The number of hydrogen-bond donors (Lipinski definition) is 3. The van der Waals surface area contributed by atoms with Gasteiger partial charge in [0.2, 0.25) is 11.8 Å². The molecule has 0 saturated heterocycles. The van der Waals surface area contributed by atoms with Crippen LogP contribution in [0.1, 0.15) is 34.1 Å². The van der Waals surface area contributed by atoms with Gasteiger partial charge >= 0.3 is 0 Å². The molecule has 0 aromatic heterocycles. The van der Waals surface area contributed by atoms with Crippen molar-refractivity contribution in [1.82, 2.24) is 10.6 Å². The van der Waals surface area contributed by atoms with E-state index in [1.54, 1.807) is 13.8 Å². The second-order valence-electron chi connectivity index (χ2n) is 4.96. The molecule has 0 aliphatic heterocycles. The maximum absolute atomic E-state index is 11.3. The normalized spacial score (nSPS) is 11.4. The third-order valence-electron chi connectivity index (χ3n) is 1.89. The molecule has 0 spiro atoms. The number of amides is 2. The minimum atomic E-state index is -0.495. The SMILES string of the molecule is CC(C)C(=O)NCCNC(=O)CC(C)(C)N. The molecule has 0 saturated carbocycles. The molecule has 0 rings (SSSR count). The summed E-state index contributed by atoms with van der Waals surface area (Å²) in [5, 5.41) is 5.42. The molecule has 0 aliphatic rings. The molecule has 0 unspecified atom stereocenters. The van der Waals surface area contributed by atoms with Gasteiger partial charge in [0.25, 0.3) is 0 Å². The van der Waals surface area contributed by atoms with E-state index in [1.807, 2.05) is 13.8 Å². The van der Waals surface area contributed by atoms with Gasteiger partial charge in [0.15, 0.2) is 0 Å². The summed E-state index contributed by atoms with van der Waals surface area (Å²) < 4.78 is 0. The zero-order chi connectivity index (χ0) is 12.8. The van der Waals surface area contributed by atoms with Crippen LogP contribution in [0.2, 0.25) is 0 Å². The van der Waals surface area contributed by atoms with Crippen molar-refractivity contribution >= 4 is 11.8 Å². The topological polar surface area (TPSA) is 84.2 Å². The zero-order valence-electron chi connectivity index (χ0n) is 10.6. The molecule has 0 aromatic rings. The van der Waals surface area contributed by atoms with Crippen LogP contribution in [-0.4, -0.2) is 30.4 Å². The molecule has 0 aromatic carbocycles. The zero-order valence-corrected chi connectivity index (χ0v) is 10.6. The Morgan fingerprint density at radius 3 is 2.12 bits per heavy atom. The number of carbonyl (C=O) groups excluding carboxylic acids is 2. The number of nitrogens with one attached hydrogen (secondary N) is 2. The fourth-order valence-corrected chi connectivity index (χ4v) is 1.07. The first-order chi connectivity index (χ1) is 7.22. The number of nitrogens with two attached hydrogens (primary N) is 1. The van der Waals surface area contributed by atoms with Gasteiger partial charge in [0.1, 0.15) is 0 Å². The maximum atomic E-state index is 11.3. The van der Waals surface area contributed by atoms with Crippen LogP contribution in [0.4, 0.5) is 0 Å². The largest absolute Gasteiger partial charge is 0.354 e. The van der Waals surface area contributed by atoms with Crippen molar-refractivity contribution in [2.45, 2.75) is 39.7 Å². The van der Waals surface area contributed by atoms with Crippen molar-refractivity contribution in [3.8, 4) is 0 Å². The highest BCUT2D eigenvalue weighted by Gasteiger charge is 2.15. The molecular formula is C11H23N3O2. The Labute approximate surface area is 97.2 Å². The molecule has 0 fully saturated rings. The van der Waals surface area contributed by atoms with E-state index >= 15 is 0 Å². The van der Waals surface area contributed by atoms with Gasteiger partial charge < -0.3 is 16.4 Å². The minimum Gasteiger partial charge on any atom is -0.354 e. The van der Waals surface area contributed by atoms with E-state index in [4.69, 9.17) is 5.73 Å². The van der Waals surface area contributed by atoms with Crippen molar-refractivity contribution in [2.75, 3.05) is 13.1 Å². The smallest absolute Gasteiger partial charge is 0.222 e. The van der Waals surface area contributed by atoms with E-state index in [0.717, 1.165) is 0 Å². The number of rotatable bonds is 6. The highest BCUT2D eigenvalue weighted by atomic mass is 16.2. The Morgan fingerprint density at radius 1 is 1.19 bits per heavy atom. The van der Waals surface area contributed by atoms with Gasteiger partial charge in [-0.2, -0.15) is 0 Å². The van der Waals surface area contributed by atoms with E-state index in [1.165, 1.54) is 0 Å². The standard InChI is InChI=1S/C11H23N3O2/c1-8(2)10(16)14-6-5-13-9(15)7-11(3,4)12/h8H,5-7,12H2,1-4H3,(H,13,15)(H,14,16). The highest BCUT2D eigenvalue weighted by molar-refractivity contribution is 5.78. The molecule has 5 heteroatoms. The van der Waals surface area contributed by atoms with Crippen LogP contribution < -0.4 is 16.4 Å². The van der Waals surface area contributed by atoms with Crippen molar-refractivity contribution in [1.29, 1.82) is 0 Å². The maximum Gasteiger partial charge on any atom is 0.222 e. The lowest BCUT2D eigenvalue weighted by Crippen LogP contribution is -2.41. The molecule has 16 heavy (non-hydrogen) atoms. The van der Waals surface area contributed by atoms with Crippen molar-refractivity contribution in [2.24, 2.45) is 11.7 Å². The lowest BCUT2D eigenvalue weighted by atomic mass is 10.0. The highest BCUT2D eigenvalue weighted by Crippen LogP contribution is 2.01. The summed E-state index contributed by atoms with van der Waals surface area (Å²) in [7, 11) is 0. The minimum absolute atomic E-state index is 0.00611. The quantitative estimate of drug-likeness (QED) is 0.561. The second kappa shape index (κ2) is 6.48. The Kier molecular flexibility index (Phi) is 6.03. The van der Waals surface area contributed by atoms with Crippen molar-refractivity contribution in [3.05, 3.63) is 0 Å². The lowest BCUT2D eigenvalue weighted by molar-refractivity contribution is -0.125. The van der Waals surface area contributed by atoms with Crippen LogP contribution >= 0.6 is 0 Å². The fraction of sp³-hybridized carbons (Fsp3) is 0.818. The first kappa shape index (κ1) is 14.9. The predicted octanol–water partition coefficient (Wildman–Crippen LogP) is 0.00220. The average Bonchev–Trinajstić information content (AvgIpc) is 2.08. The first-order valence-electron chi connectivity index (χ1n) is 5.55. The van der Waals surface area contributed by atoms with Gasteiger partial charge in [-0.05, 0) is 13.8 Å². The monoisotopic (exact) mass is 229 g/mol. The Morgan fingerprint density at radius 2 is 1.69 bits per heavy atom. The van der Waals surface area contributed by atoms with Gasteiger partial charge in [-0.3, -0.25) is 9.59 Å². The van der Waals surface area contributed by atoms with Gasteiger partial charge in [-0.25, -0.2) is 0 Å². The molecule has 94 valence electrons. The number of hydrogen-bond acceptors (Lipinski definition) is 3. The fourth-order valence-electron chi connectivity index (χ4n) is 1.07. The van der Waals surface area contributed by atoms with Crippen molar-refractivity contribution in [3.63, 3.8) is 0 Å². The van der Waals surface area contributed by atoms with E-state index in [0.29, 0.717) is 13.1 Å². The van der Waals surface area contributed by atoms with Crippen LogP contribution in [0.15, 0.2) is 0 Å². The van der Waals surface area contributed by atoms with Crippen LogP contribution in [0.25, 0.3) is 0 Å². The van der Waals surface area contributed by atoms with Crippen LogP contribution in [0, 0.1) is 5.92 Å². The third-order valence-corrected chi connectivity index (χ3v) is 1.89. The lowest BCUT2D eigenvalue weighted by Gasteiger charge is -2.17. The summed E-state index contributed by atoms with van der Waals surface area (Å²) in [6.07, 6.45) is 0.283. The van der Waals surface area contributed by atoms with E-state index in [2.05, 4.69) is 10.6 Å². The molecule has 0 radical (unpaired) electrons. The van der Waals surface area contributed by atoms with Gasteiger partial charge in [-0.1, -0.05) is 13.8 Å². The molecule has 2 amide bonds. The average molecular weight is 229 g/mol. The molecule has 4 N–H and O–H groups in total. The van der Waals surface area contributed by atoms with Crippen LogP contribution in [-0.2, 0) is 9.59 Å². The van der Waals surface area contributed by atoms with Crippen molar-refractivity contribution < 1.29 is 9.59 Å². The van der Waals surface area contributed by atoms with E-state index in [9.17, 15) is 9.59 Å². The summed E-state index contributed by atoms with van der Waals surface area (Å²) in [5.74, 6) is -0.127. The summed E-state index contributed by atoms with van der Waals surface area (Å²) in [6, 6.07) is 0. The molecule has 5 nitrogen and oxygen atoms in total. The first-order valence-corrected chi connectivity index (χ1v) is 5.55. The van der Waals surface area contributed by atoms with Crippen LogP contribution in [0.5, 0.6) is 0 Å². The Hall–Kier alpha value is -1.10. The van der Waals surface area contributed by atoms with Crippen LogP contribution in [0.3, 0.4) is 0 Å². The Balaban J connectivity index is 3.60. The second-order valence-corrected chi connectivity index (χ2v) is 4.96. The van der Waals surface area contributed by atoms with Gasteiger partial charge in [0, 0.05) is 31.0 Å². The molecular weight excluding hydrogens is 206 g/mol. The van der Waals surface area contributed by atoms with E-state index in [-0.39, 0.29) is 24.2 Å². The van der Waals surface area contributed by atoms with Gasteiger partial charge in [-0.15, -0.1) is 0 Å². The molecule has 0 atom stereocenters. The molecule has 0 bridgehead atoms. The number of carbonyl (C=O) groups is 2. The summed E-state index contributed by atoms with van der Waals surface area (Å²) in [4.78, 5) is 22.5. The molecule has 0 heterocycles.